The van der Waals surface area contributed by atoms with Gasteiger partial charge in [-0.05, 0) is 43.2 Å². The Morgan fingerprint density at radius 1 is 0.906 bits per heavy atom. The van der Waals surface area contributed by atoms with E-state index in [4.69, 9.17) is 9.47 Å². The van der Waals surface area contributed by atoms with Crippen molar-refractivity contribution >= 4 is 29.6 Å². The topological polar surface area (TPSA) is 187 Å². The number of benzene rings is 1. The minimum atomic E-state index is -1.60. The van der Waals surface area contributed by atoms with Gasteiger partial charge in [-0.25, -0.2) is 4.79 Å². The summed E-state index contributed by atoms with van der Waals surface area (Å²) < 4.78 is 11.8. The van der Waals surface area contributed by atoms with Gasteiger partial charge in [0.2, 0.25) is 23.6 Å². The molecule has 0 aromatic heterocycles. The van der Waals surface area contributed by atoms with Crippen molar-refractivity contribution in [2.24, 2.45) is 23.7 Å². The number of likely N-dealkylation sites (N-methyl/N-ethyl adjacent to an activating group) is 2. The Bertz CT molecular complexity index is 1350. The first kappa shape index (κ1) is 45.6. The normalized spacial score (nSPS) is 19.7. The highest BCUT2D eigenvalue weighted by Gasteiger charge is 2.44. The van der Waals surface area contributed by atoms with Crippen LogP contribution in [0.15, 0.2) is 30.3 Å². The maximum Gasteiger partial charge on any atom is 0.329 e. The van der Waals surface area contributed by atoms with Crippen molar-refractivity contribution in [2.75, 3.05) is 34.9 Å². The molecule has 1 aliphatic rings. The van der Waals surface area contributed by atoms with Gasteiger partial charge >= 0.3 is 5.97 Å². The highest BCUT2D eigenvalue weighted by molar-refractivity contribution is 5.90. The van der Waals surface area contributed by atoms with Crippen LogP contribution >= 0.6 is 0 Å². The van der Waals surface area contributed by atoms with Gasteiger partial charge in [0.25, 0.3) is 0 Å². The summed E-state index contributed by atoms with van der Waals surface area (Å²) in [5.41, 5.74) is 0.345. The van der Waals surface area contributed by atoms with E-state index < -0.39 is 66.3 Å². The predicted octanol–water partition coefficient (Wildman–Crippen LogP) is 2.59. The quantitative estimate of drug-likeness (QED) is 0.125. The van der Waals surface area contributed by atoms with E-state index in [1.54, 1.807) is 61.2 Å². The summed E-state index contributed by atoms with van der Waals surface area (Å²) in [5, 5.41) is 29.1. The second-order valence-corrected chi connectivity index (χ2v) is 15.0. The molecular formula is C39H65N5O9. The Hall–Kier alpha value is -3.59. The summed E-state index contributed by atoms with van der Waals surface area (Å²) >= 11 is 0. The van der Waals surface area contributed by atoms with Gasteiger partial charge in [-0.1, -0.05) is 85.2 Å². The van der Waals surface area contributed by atoms with Gasteiger partial charge in [-0.2, -0.15) is 0 Å². The maximum absolute atomic E-state index is 14.1. The molecule has 3 unspecified atom stereocenters. The van der Waals surface area contributed by atoms with Crippen LogP contribution in [0.1, 0.15) is 85.8 Å². The van der Waals surface area contributed by atoms with Crippen molar-refractivity contribution in [3.8, 4) is 0 Å². The number of methoxy groups -OCH3 is 2. The van der Waals surface area contributed by atoms with Crippen molar-refractivity contribution in [1.82, 2.24) is 25.8 Å². The fourth-order valence-corrected chi connectivity index (χ4v) is 7.45. The zero-order valence-electron chi connectivity index (χ0n) is 33.5. The molecule has 14 nitrogen and oxygen atoms in total. The van der Waals surface area contributed by atoms with Crippen molar-refractivity contribution in [2.45, 2.75) is 123 Å². The van der Waals surface area contributed by atoms with Crippen LogP contribution in [0.2, 0.25) is 0 Å². The molecule has 0 radical (unpaired) electrons. The Kier molecular flexibility index (Phi) is 18.3. The first-order chi connectivity index (χ1) is 25.0. The smallest absolute Gasteiger partial charge is 0.329 e. The van der Waals surface area contributed by atoms with Gasteiger partial charge in [0, 0.05) is 27.8 Å². The maximum atomic E-state index is 14.1. The molecule has 1 aromatic carbocycles. The van der Waals surface area contributed by atoms with Gasteiger partial charge < -0.3 is 45.4 Å². The fraction of sp³-hybridized carbons (Fsp3) is 0.718. The Morgan fingerprint density at radius 3 is 1.98 bits per heavy atom. The Labute approximate surface area is 315 Å². The zero-order valence-corrected chi connectivity index (χ0v) is 33.5. The predicted molar refractivity (Wildman–Crippen MR) is 202 cm³/mol. The van der Waals surface area contributed by atoms with Crippen LogP contribution in [-0.2, 0) is 33.4 Å². The summed E-state index contributed by atoms with van der Waals surface area (Å²) in [7, 11) is 6.37. The van der Waals surface area contributed by atoms with Crippen LogP contribution in [-0.4, -0.2) is 127 Å². The molecule has 10 atom stereocenters. The molecule has 5 N–H and O–H groups in total. The number of amides is 4. The molecule has 0 saturated carbocycles. The number of rotatable bonds is 21. The third-order valence-electron chi connectivity index (χ3n) is 10.8. The third-order valence-corrected chi connectivity index (χ3v) is 10.8. The molecule has 14 heteroatoms. The van der Waals surface area contributed by atoms with E-state index in [0.29, 0.717) is 31.4 Å². The molecule has 53 heavy (non-hydrogen) atoms. The van der Waals surface area contributed by atoms with E-state index in [-0.39, 0.29) is 41.9 Å². The molecule has 0 spiro atoms. The van der Waals surface area contributed by atoms with Crippen LogP contribution in [0.4, 0.5) is 0 Å². The molecule has 4 amide bonds. The lowest BCUT2D eigenvalue weighted by atomic mass is 9.89. The van der Waals surface area contributed by atoms with Gasteiger partial charge in [0.1, 0.15) is 12.1 Å². The molecule has 0 aliphatic carbocycles. The van der Waals surface area contributed by atoms with Crippen molar-refractivity contribution < 1.29 is 43.7 Å². The molecule has 1 fully saturated rings. The van der Waals surface area contributed by atoms with Crippen LogP contribution in [0.3, 0.4) is 0 Å². The van der Waals surface area contributed by atoms with Crippen molar-refractivity contribution in [1.29, 1.82) is 0 Å². The molecule has 1 aliphatic heterocycles. The Morgan fingerprint density at radius 2 is 1.49 bits per heavy atom. The lowest BCUT2D eigenvalue weighted by Crippen LogP contribution is -2.59. The number of carboxylic acid groups (broad SMARTS) is 1. The van der Waals surface area contributed by atoms with E-state index in [9.17, 15) is 34.2 Å². The van der Waals surface area contributed by atoms with Crippen molar-refractivity contribution in [3.05, 3.63) is 35.9 Å². The average molecular weight is 748 g/mol. The number of hydrogen-bond acceptors (Lipinski definition) is 9. The number of carbonyl (C=O) groups excluding carboxylic acids is 4. The monoisotopic (exact) mass is 747 g/mol. The van der Waals surface area contributed by atoms with Gasteiger partial charge in [-0.3, -0.25) is 19.2 Å². The van der Waals surface area contributed by atoms with E-state index in [2.05, 4.69) is 16.0 Å². The SMILES string of the molecule is CC[C@H](C)[C@@H]([C@@H](CC(=O)N1CCC[C@H]1[C@H](OC)[C@@H](C)C(=O)NC(C(=O)O)C(O)c1ccccc1)OC)N(C)C(=O)[C@@H](NC(=O)C(NC)C(C)C)C(C)C. The minimum Gasteiger partial charge on any atom is -0.480 e. The number of nitrogens with zero attached hydrogens (tertiary/aromatic N) is 2. The summed E-state index contributed by atoms with van der Waals surface area (Å²) in [6.45, 7) is 13.7. The number of carboxylic acids is 1. The molecular weight excluding hydrogens is 682 g/mol. The molecule has 1 heterocycles. The number of ether oxygens (including phenoxy) is 2. The van der Waals surface area contributed by atoms with Crippen LogP contribution in [0.5, 0.6) is 0 Å². The second kappa shape index (κ2) is 21.3. The largest absolute Gasteiger partial charge is 0.480 e. The van der Waals surface area contributed by atoms with Crippen molar-refractivity contribution in [3.63, 3.8) is 0 Å². The van der Waals surface area contributed by atoms with Crippen LogP contribution in [0, 0.1) is 23.7 Å². The number of likely N-dealkylation sites (tertiary alicyclic amines) is 1. The number of carbonyl (C=O) groups is 5. The average Bonchev–Trinajstić information content (AvgIpc) is 3.61. The minimum absolute atomic E-state index is 0.0103. The highest BCUT2D eigenvalue weighted by Crippen LogP contribution is 2.30. The van der Waals surface area contributed by atoms with Gasteiger partial charge in [0.05, 0.1) is 42.7 Å². The van der Waals surface area contributed by atoms with Gasteiger partial charge in [0.15, 0.2) is 6.04 Å². The molecule has 1 saturated heterocycles. The number of nitrogens with one attached hydrogen (secondary N) is 3. The molecule has 0 bridgehead atoms. The highest BCUT2D eigenvalue weighted by atomic mass is 16.5. The van der Waals surface area contributed by atoms with Crippen LogP contribution in [0.25, 0.3) is 0 Å². The lowest BCUT2D eigenvalue weighted by molar-refractivity contribution is -0.149. The van der Waals surface area contributed by atoms with E-state index in [1.165, 1.54) is 14.2 Å². The first-order valence-electron chi connectivity index (χ1n) is 18.8. The first-order valence-corrected chi connectivity index (χ1v) is 18.8. The number of aliphatic hydroxyl groups excluding tert-OH is 1. The second-order valence-electron chi connectivity index (χ2n) is 15.0. The van der Waals surface area contributed by atoms with E-state index in [0.717, 1.165) is 0 Å². The van der Waals surface area contributed by atoms with E-state index in [1.807, 2.05) is 41.5 Å². The molecule has 300 valence electrons. The third kappa shape index (κ3) is 11.7. The molecule has 2 rings (SSSR count). The number of hydrogen-bond donors (Lipinski definition) is 5. The Balaban J connectivity index is 2.28. The summed E-state index contributed by atoms with van der Waals surface area (Å²) in [4.78, 5) is 70.3. The van der Waals surface area contributed by atoms with E-state index >= 15 is 0 Å². The summed E-state index contributed by atoms with van der Waals surface area (Å²) in [6.07, 6.45) is -1.07. The summed E-state index contributed by atoms with van der Waals surface area (Å²) in [6, 6.07) is 4.37. The van der Waals surface area contributed by atoms with Gasteiger partial charge in [-0.15, -0.1) is 0 Å². The zero-order chi connectivity index (χ0) is 40.2. The number of aliphatic hydroxyl groups is 1. The lowest BCUT2D eigenvalue weighted by Gasteiger charge is -2.41. The summed E-state index contributed by atoms with van der Waals surface area (Å²) in [5.74, 6) is -3.93. The fourth-order valence-electron chi connectivity index (χ4n) is 7.45. The van der Waals surface area contributed by atoms with Crippen LogP contribution < -0.4 is 16.0 Å². The standard InChI is InChI=1S/C39H65N5O9/c1-12-24(6)33(43(9)38(49)31(23(4)5)41-37(48)30(40-8)22(2)3)28(52-10)21-29(45)44-20-16-19-27(44)35(53-11)25(7)36(47)42-32(39(50)51)34(46)26-17-14-13-15-18-26/h13-15,17-18,22-25,27-28,30-35,40,46H,12,16,19-21H2,1-11H3,(H,41,48)(H,42,47)(H,50,51)/t24-,25+,27-,28+,30?,31-,32?,33-,34?,35+/m0/s1. The molecule has 1 aromatic rings. The number of aliphatic carboxylic acids is 1.